The molecule has 2 N–H and O–H groups in total. The molecule has 30 heavy (non-hydrogen) atoms. The number of hydrogen-bond acceptors (Lipinski definition) is 4. The zero-order chi connectivity index (χ0) is 22.1. The Kier molecular flexibility index (Phi) is 9.10. The Morgan fingerprint density at radius 3 is 2.40 bits per heavy atom. The number of rotatable bonds is 9. The number of piperidine rings is 1. The number of carbonyl (C=O) groups excluding carboxylic acids is 2. The molecule has 0 aliphatic carbocycles. The van der Waals surface area contributed by atoms with E-state index in [4.69, 9.17) is 4.74 Å². The maximum absolute atomic E-state index is 12.6. The molecule has 0 saturated carbocycles. The van der Waals surface area contributed by atoms with Crippen molar-refractivity contribution in [3.8, 4) is 0 Å². The molecule has 1 aromatic carbocycles. The maximum Gasteiger partial charge on any atom is 0.416 e. The van der Waals surface area contributed by atoms with Crippen molar-refractivity contribution in [3.05, 3.63) is 29.8 Å². The second-order valence-electron chi connectivity index (χ2n) is 7.39. The van der Waals surface area contributed by atoms with Crippen LogP contribution in [0.3, 0.4) is 0 Å². The van der Waals surface area contributed by atoms with Crippen molar-refractivity contribution in [3.63, 3.8) is 0 Å². The van der Waals surface area contributed by atoms with Crippen LogP contribution in [0, 0.1) is 5.92 Å². The lowest BCUT2D eigenvalue weighted by Gasteiger charge is -2.34. The van der Waals surface area contributed by atoms with Crippen molar-refractivity contribution >= 4 is 17.5 Å². The molecule has 1 atom stereocenters. The molecule has 1 fully saturated rings. The van der Waals surface area contributed by atoms with Crippen molar-refractivity contribution in [1.82, 2.24) is 10.2 Å². The standard InChI is InChI=1S/C21H30F3N3O3/c1-3-30-14-4-11-25-20(29)16-9-12-27(13-10-16)15(2)19(28)26-18-7-5-17(6-8-18)21(22,23)24/h5-8,15-16H,3-4,9-14H2,1-2H3,(H,25,29)(H,26,28). The van der Waals surface area contributed by atoms with Crippen LogP contribution in [0.15, 0.2) is 24.3 Å². The van der Waals surface area contributed by atoms with Crippen LogP contribution in [0.1, 0.15) is 38.7 Å². The lowest BCUT2D eigenvalue weighted by molar-refractivity contribution is -0.137. The molecule has 168 valence electrons. The molecule has 1 aliphatic heterocycles. The maximum atomic E-state index is 12.6. The molecule has 0 spiro atoms. The molecule has 1 saturated heterocycles. The van der Waals surface area contributed by atoms with Gasteiger partial charge in [-0.15, -0.1) is 0 Å². The van der Waals surface area contributed by atoms with E-state index in [0.29, 0.717) is 51.4 Å². The van der Waals surface area contributed by atoms with Crippen LogP contribution in [0.5, 0.6) is 0 Å². The Morgan fingerprint density at radius 2 is 1.83 bits per heavy atom. The molecular formula is C21H30F3N3O3. The average Bonchev–Trinajstić information content (AvgIpc) is 2.72. The van der Waals surface area contributed by atoms with Gasteiger partial charge in [0.25, 0.3) is 0 Å². The predicted molar refractivity (Wildman–Crippen MR) is 108 cm³/mol. The largest absolute Gasteiger partial charge is 0.416 e. The summed E-state index contributed by atoms with van der Waals surface area (Å²) >= 11 is 0. The zero-order valence-electron chi connectivity index (χ0n) is 17.4. The molecule has 0 aromatic heterocycles. The van der Waals surface area contributed by atoms with E-state index in [0.717, 1.165) is 18.6 Å². The smallest absolute Gasteiger partial charge is 0.382 e. The highest BCUT2D eigenvalue weighted by atomic mass is 19.4. The van der Waals surface area contributed by atoms with Gasteiger partial charge in [0.15, 0.2) is 0 Å². The fraction of sp³-hybridized carbons (Fsp3) is 0.619. The lowest BCUT2D eigenvalue weighted by atomic mass is 9.95. The molecule has 1 aromatic rings. The van der Waals surface area contributed by atoms with Gasteiger partial charge in [0.05, 0.1) is 11.6 Å². The van der Waals surface area contributed by atoms with Gasteiger partial charge in [-0.3, -0.25) is 14.5 Å². The Hall–Kier alpha value is -2.13. The SMILES string of the molecule is CCOCCCNC(=O)C1CCN(C(C)C(=O)Nc2ccc(C(F)(F)F)cc2)CC1. The third-order valence-corrected chi connectivity index (χ3v) is 5.28. The fourth-order valence-electron chi connectivity index (χ4n) is 3.38. The van der Waals surface area contributed by atoms with Crippen LogP contribution in [-0.2, 0) is 20.5 Å². The van der Waals surface area contributed by atoms with Gasteiger partial charge < -0.3 is 15.4 Å². The summed E-state index contributed by atoms with van der Waals surface area (Å²) in [4.78, 5) is 26.7. The molecule has 1 heterocycles. The van der Waals surface area contributed by atoms with Gasteiger partial charge >= 0.3 is 6.18 Å². The number of anilines is 1. The Morgan fingerprint density at radius 1 is 1.20 bits per heavy atom. The van der Waals surface area contributed by atoms with Crippen molar-refractivity contribution in [2.75, 3.05) is 38.2 Å². The molecular weight excluding hydrogens is 399 g/mol. The number of alkyl halides is 3. The highest BCUT2D eigenvalue weighted by Gasteiger charge is 2.31. The minimum Gasteiger partial charge on any atom is -0.382 e. The van der Waals surface area contributed by atoms with Crippen LogP contribution in [0.2, 0.25) is 0 Å². The topological polar surface area (TPSA) is 70.7 Å². The number of halogens is 3. The van der Waals surface area contributed by atoms with Gasteiger partial charge in [-0.25, -0.2) is 0 Å². The lowest BCUT2D eigenvalue weighted by Crippen LogP contribution is -2.48. The van der Waals surface area contributed by atoms with Crippen molar-refractivity contribution in [2.45, 2.75) is 45.3 Å². The second kappa shape index (κ2) is 11.3. The van der Waals surface area contributed by atoms with Gasteiger partial charge in [0, 0.05) is 31.4 Å². The number of nitrogens with zero attached hydrogens (tertiary/aromatic N) is 1. The quantitative estimate of drug-likeness (QED) is 0.591. The fourth-order valence-corrected chi connectivity index (χ4v) is 3.38. The van der Waals surface area contributed by atoms with E-state index in [2.05, 4.69) is 10.6 Å². The van der Waals surface area contributed by atoms with Crippen molar-refractivity contribution in [2.24, 2.45) is 5.92 Å². The summed E-state index contributed by atoms with van der Waals surface area (Å²) < 4.78 is 43.1. The Bertz CT molecular complexity index is 687. The van der Waals surface area contributed by atoms with E-state index in [9.17, 15) is 22.8 Å². The van der Waals surface area contributed by atoms with Crippen LogP contribution >= 0.6 is 0 Å². The first kappa shape index (κ1) is 24.1. The van der Waals surface area contributed by atoms with Crippen molar-refractivity contribution < 1.29 is 27.5 Å². The summed E-state index contributed by atoms with van der Waals surface area (Å²) in [6.07, 6.45) is -2.31. The highest BCUT2D eigenvalue weighted by molar-refractivity contribution is 5.94. The molecule has 2 amide bonds. The second-order valence-corrected chi connectivity index (χ2v) is 7.39. The molecule has 0 radical (unpaired) electrons. The van der Waals surface area contributed by atoms with E-state index in [1.165, 1.54) is 12.1 Å². The van der Waals surface area contributed by atoms with Gasteiger partial charge in [-0.2, -0.15) is 13.2 Å². The molecule has 1 aliphatic rings. The van der Waals surface area contributed by atoms with E-state index in [1.54, 1.807) is 6.92 Å². The van der Waals surface area contributed by atoms with Gasteiger partial charge in [0.2, 0.25) is 11.8 Å². The average molecular weight is 429 g/mol. The number of ether oxygens (including phenoxy) is 1. The number of carbonyl (C=O) groups is 2. The summed E-state index contributed by atoms with van der Waals surface area (Å²) in [5.74, 6) is -0.319. The molecule has 1 unspecified atom stereocenters. The summed E-state index contributed by atoms with van der Waals surface area (Å²) in [6, 6.07) is 3.94. The Labute approximate surface area is 175 Å². The molecule has 2 rings (SSSR count). The predicted octanol–water partition coefficient (Wildman–Crippen LogP) is 3.29. The minimum absolute atomic E-state index is 0.0352. The molecule has 9 heteroatoms. The minimum atomic E-state index is -4.41. The summed E-state index contributed by atoms with van der Waals surface area (Å²) in [7, 11) is 0. The highest BCUT2D eigenvalue weighted by Crippen LogP contribution is 2.30. The van der Waals surface area contributed by atoms with Crippen molar-refractivity contribution in [1.29, 1.82) is 0 Å². The monoisotopic (exact) mass is 429 g/mol. The van der Waals surface area contributed by atoms with Gasteiger partial charge in [0.1, 0.15) is 0 Å². The third-order valence-electron chi connectivity index (χ3n) is 5.28. The van der Waals surface area contributed by atoms with E-state index < -0.39 is 17.8 Å². The first-order valence-electron chi connectivity index (χ1n) is 10.3. The number of hydrogen-bond donors (Lipinski definition) is 2. The van der Waals surface area contributed by atoms with E-state index in [-0.39, 0.29) is 17.7 Å². The van der Waals surface area contributed by atoms with Crippen LogP contribution < -0.4 is 10.6 Å². The summed E-state index contributed by atoms with van der Waals surface area (Å²) in [5, 5.41) is 5.59. The normalized spacial score (nSPS) is 16.8. The summed E-state index contributed by atoms with van der Waals surface area (Å²) in [6.45, 7) is 6.78. The number of amides is 2. The first-order valence-corrected chi connectivity index (χ1v) is 10.3. The van der Waals surface area contributed by atoms with Crippen LogP contribution in [0.25, 0.3) is 0 Å². The zero-order valence-corrected chi connectivity index (χ0v) is 17.4. The van der Waals surface area contributed by atoms with Crippen LogP contribution in [0.4, 0.5) is 18.9 Å². The van der Waals surface area contributed by atoms with E-state index in [1.807, 2.05) is 11.8 Å². The van der Waals surface area contributed by atoms with E-state index >= 15 is 0 Å². The number of benzene rings is 1. The third kappa shape index (κ3) is 7.28. The molecule has 6 nitrogen and oxygen atoms in total. The first-order chi connectivity index (χ1) is 14.2. The van der Waals surface area contributed by atoms with Gasteiger partial charge in [-0.1, -0.05) is 0 Å². The number of nitrogens with one attached hydrogen (secondary N) is 2. The number of likely N-dealkylation sites (tertiary alicyclic amines) is 1. The Balaban J connectivity index is 1.75. The molecule has 0 bridgehead atoms. The summed E-state index contributed by atoms with van der Waals surface area (Å²) in [5.41, 5.74) is -0.437. The van der Waals surface area contributed by atoms with Gasteiger partial charge in [-0.05, 0) is 70.5 Å². The van der Waals surface area contributed by atoms with Crippen LogP contribution in [-0.4, -0.2) is 55.6 Å².